The molecule has 0 aromatic heterocycles. The predicted molar refractivity (Wildman–Crippen MR) is 125 cm³/mol. The van der Waals surface area contributed by atoms with Crippen LogP contribution in [0.3, 0.4) is 0 Å². The summed E-state index contributed by atoms with van der Waals surface area (Å²) in [6.45, 7) is 11.0. The van der Waals surface area contributed by atoms with Crippen LogP contribution in [0.5, 0.6) is 0 Å². The number of carbonyl (C=O) groups excluding carboxylic acids is 1. The molecular formula is C26H38N2O2. The number of benzene rings is 2. The summed E-state index contributed by atoms with van der Waals surface area (Å²) >= 11 is 0. The molecular weight excluding hydrogens is 372 g/mol. The minimum atomic E-state index is -0.321. The summed E-state index contributed by atoms with van der Waals surface area (Å²) in [5, 5.41) is 5.63. The van der Waals surface area contributed by atoms with E-state index in [4.69, 9.17) is 4.74 Å². The van der Waals surface area contributed by atoms with Gasteiger partial charge < -0.3 is 15.0 Å². The molecule has 30 heavy (non-hydrogen) atoms. The first kappa shape index (κ1) is 22.6. The topological polar surface area (TPSA) is 41.6 Å². The lowest BCUT2D eigenvalue weighted by Gasteiger charge is -2.40. The lowest BCUT2D eigenvalue weighted by Crippen LogP contribution is -2.45. The highest BCUT2D eigenvalue weighted by Gasteiger charge is 2.37. The van der Waals surface area contributed by atoms with E-state index in [1.165, 1.54) is 48.7 Å². The van der Waals surface area contributed by atoms with Crippen molar-refractivity contribution in [2.75, 3.05) is 32.8 Å². The number of hydrogen-bond acceptors (Lipinski definition) is 3. The van der Waals surface area contributed by atoms with E-state index in [0.29, 0.717) is 19.1 Å². The zero-order valence-corrected chi connectivity index (χ0v) is 19.0. The van der Waals surface area contributed by atoms with E-state index in [1.54, 1.807) is 0 Å². The Morgan fingerprint density at radius 2 is 1.83 bits per heavy atom. The molecule has 164 valence electrons. The summed E-state index contributed by atoms with van der Waals surface area (Å²) in [5.74, 6) is 0.381. The standard InChI is InChI=1S/C26H38N2O2/c1-4-30-25(29)27-20-26(21(2)3,16-11-19-28-17-8-5-9-18-28)24-15-10-13-22-12-6-7-14-23(22)24/h6-7,10,12-15,21H,4-5,8-9,11,16-20H2,1-3H3,(H,27,29). The zero-order valence-electron chi connectivity index (χ0n) is 19.0. The molecule has 1 saturated heterocycles. The Bertz CT molecular complexity index is 808. The summed E-state index contributed by atoms with van der Waals surface area (Å²) in [6, 6.07) is 15.2. The summed E-state index contributed by atoms with van der Waals surface area (Å²) in [4.78, 5) is 14.8. The number of ether oxygens (including phenoxy) is 1. The number of nitrogens with zero attached hydrogens (tertiary/aromatic N) is 1. The van der Waals surface area contributed by atoms with Gasteiger partial charge in [0.05, 0.1) is 6.61 Å². The number of alkyl carbamates (subject to hydrolysis) is 1. The van der Waals surface area contributed by atoms with Crippen LogP contribution in [-0.2, 0) is 10.2 Å². The van der Waals surface area contributed by atoms with Gasteiger partial charge in [-0.1, -0.05) is 62.7 Å². The minimum absolute atomic E-state index is 0.136. The van der Waals surface area contributed by atoms with Gasteiger partial charge in [-0.15, -0.1) is 0 Å². The molecule has 1 aliphatic heterocycles. The van der Waals surface area contributed by atoms with E-state index in [2.05, 4.69) is 66.5 Å². The highest BCUT2D eigenvalue weighted by Crippen LogP contribution is 2.40. The SMILES string of the molecule is CCOC(=O)NCC(CCCN1CCCCC1)(c1cccc2ccccc12)C(C)C. The maximum absolute atomic E-state index is 12.2. The highest BCUT2D eigenvalue weighted by molar-refractivity contribution is 5.86. The fraction of sp³-hybridized carbons (Fsp3) is 0.577. The van der Waals surface area contributed by atoms with Gasteiger partial charge in [-0.25, -0.2) is 4.79 Å². The van der Waals surface area contributed by atoms with E-state index in [-0.39, 0.29) is 11.5 Å². The largest absolute Gasteiger partial charge is 0.450 e. The van der Waals surface area contributed by atoms with E-state index < -0.39 is 0 Å². The van der Waals surface area contributed by atoms with Gasteiger partial charge in [-0.05, 0) is 74.5 Å². The van der Waals surface area contributed by atoms with Gasteiger partial charge >= 0.3 is 6.09 Å². The Morgan fingerprint density at radius 1 is 1.10 bits per heavy atom. The average Bonchev–Trinajstić information content (AvgIpc) is 2.76. The first-order chi connectivity index (χ1) is 14.6. The van der Waals surface area contributed by atoms with E-state index in [9.17, 15) is 4.79 Å². The van der Waals surface area contributed by atoms with Crippen LogP contribution in [0, 0.1) is 5.92 Å². The van der Waals surface area contributed by atoms with Gasteiger partial charge in [0.1, 0.15) is 0 Å². The van der Waals surface area contributed by atoms with Crippen LogP contribution in [0.2, 0.25) is 0 Å². The third-order valence-electron chi connectivity index (χ3n) is 6.80. The van der Waals surface area contributed by atoms with Crippen LogP contribution >= 0.6 is 0 Å². The molecule has 1 heterocycles. The zero-order chi connectivity index (χ0) is 21.4. The fourth-order valence-electron chi connectivity index (χ4n) is 4.99. The molecule has 0 radical (unpaired) electrons. The van der Waals surface area contributed by atoms with Gasteiger partial charge in [0, 0.05) is 12.0 Å². The first-order valence-electron chi connectivity index (χ1n) is 11.7. The van der Waals surface area contributed by atoms with Gasteiger partial charge in [-0.3, -0.25) is 0 Å². The molecule has 1 amide bonds. The van der Waals surface area contributed by atoms with Gasteiger partial charge in [0.15, 0.2) is 0 Å². The van der Waals surface area contributed by atoms with Crippen LogP contribution in [0.1, 0.15) is 58.4 Å². The monoisotopic (exact) mass is 410 g/mol. The predicted octanol–water partition coefficient (Wildman–Crippen LogP) is 5.75. The Balaban J connectivity index is 1.89. The lowest BCUT2D eigenvalue weighted by atomic mass is 9.67. The Hall–Kier alpha value is -2.07. The first-order valence-corrected chi connectivity index (χ1v) is 11.7. The second-order valence-electron chi connectivity index (χ2n) is 8.92. The molecule has 1 atom stereocenters. The lowest BCUT2D eigenvalue weighted by molar-refractivity contribution is 0.144. The van der Waals surface area contributed by atoms with Crippen molar-refractivity contribution >= 4 is 16.9 Å². The van der Waals surface area contributed by atoms with Crippen molar-refractivity contribution in [3.8, 4) is 0 Å². The summed E-state index contributed by atoms with van der Waals surface area (Å²) in [7, 11) is 0. The Labute approximate surface area is 182 Å². The minimum Gasteiger partial charge on any atom is -0.450 e. The number of piperidine rings is 1. The van der Waals surface area contributed by atoms with Crippen molar-refractivity contribution in [3.05, 3.63) is 48.0 Å². The quantitative estimate of drug-likeness (QED) is 0.573. The maximum atomic E-state index is 12.2. The number of nitrogens with one attached hydrogen (secondary N) is 1. The normalized spacial score (nSPS) is 17.1. The van der Waals surface area contributed by atoms with Crippen molar-refractivity contribution in [3.63, 3.8) is 0 Å². The third-order valence-corrected chi connectivity index (χ3v) is 6.80. The molecule has 1 N–H and O–H groups in total. The van der Waals surface area contributed by atoms with Crippen LogP contribution in [0.4, 0.5) is 4.79 Å². The molecule has 0 aliphatic carbocycles. The molecule has 1 aliphatic rings. The molecule has 2 aromatic carbocycles. The average molecular weight is 411 g/mol. The number of hydrogen-bond donors (Lipinski definition) is 1. The molecule has 4 nitrogen and oxygen atoms in total. The van der Waals surface area contributed by atoms with E-state index in [0.717, 1.165) is 19.4 Å². The second kappa shape index (κ2) is 10.8. The van der Waals surface area contributed by atoms with Crippen molar-refractivity contribution in [1.29, 1.82) is 0 Å². The molecule has 0 saturated carbocycles. The number of carbonyl (C=O) groups is 1. The van der Waals surface area contributed by atoms with Gasteiger partial charge in [0.2, 0.25) is 0 Å². The van der Waals surface area contributed by atoms with Crippen molar-refractivity contribution in [1.82, 2.24) is 10.2 Å². The van der Waals surface area contributed by atoms with Crippen molar-refractivity contribution in [2.45, 2.75) is 58.3 Å². The van der Waals surface area contributed by atoms with Crippen molar-refractivity contribution in [2.24, 2.45) is 5.92 Å². The Morgan fingerprint density at radius 3 is 2.57 bits per heavy atom. The third kappa shape index (κ3) is 5.34. The van der Waals surface area contributed by atoms with Crippen LogP contribution in [0.15, 0.2) is 42.5 Å². The summed E-state index contributed by atoms with van der Waals surface area (Å²) < 4.78 is 5.18. The molecule has 1 fully saturated rings. The Kier molecular flexibility index (Phi) is 8.15. The molecule has 3 rings (SSSR count). The number of fused-ring (bicyclic) bond motifs is 1. The molecule has 2 aromatic rings. The van der Waals surface area contributed by atoms with Crippen molar-refractivity contribution < 1.29 is 9.53 Å². The second-order valence-corrected chi connectivity index (χ2v) is 8.92. The van der Waals surface area contributed by atoms with E-state index >= 15 is 0 Å². The molecule has 1 unspecified atom stereocenters. The van der Waals surface area contributed by atoms with Crippen LogP contribution < -0.4 is 5.32 Å². The highest BCUT2D eigenvalue weighted by atomic mass is 16.5. The van der Waals surface area contributed by atoms with Gasteiger partial charge in [-0.2, -0.15) is 0 Å². The number of amides is 1. The number of rotatable bonds is 9. The van der Waals surface area contributed by atoms with E-state index in [1.807, 2.05) is 6.92 Å². The maximum Gasteiger partial charge on any atom is 0.407 e. The summed E-state index contributed by atoms with van der Waals surface area (Å²) in [5.41, 5.74) is 1.20. The summed E-state index contributed by atoms with van der Waals surface area (Å²) in [6.07, 6.45) is 5.87. The molecule has 0 bridgehead atoms. The van der Waals surface area contributed by atoms with Crippen LogP contribution in [-0.4, -0.2) is 43.8 Å². The van der Waals surface area contributed by atoms with Gasteiger partial charge in [0.25, 0.3) is 0 Å². The smallest absolute Gasteiger partial charge is 0.407 e. The molecule has 0 spiro atoms. The van der Waals surface area contributed by atoms with Crippen LogP contribution in [0.25, 0.3) is 10.8 Å². The molecule has 4 heteroatoms. The fourth-order valence-corrected chi connectivity index (χ4v) is 4.99. The number of likely N-dealkylation sites (tertiary alicyclic amines) is 1.